The average Bonchev–Trinajstić information content (AvgIpc) is 3.61. The number of thiazole rings is 1. The first-order chi connectivity index (χ1) is 20.9. The minimum absolute atomic E-state index is 0.487. The maximum absolute atomic E-state index is 10.8. The van der Waals surface area contributed by atoms with E-state index < -0.39 is 5.92 Å². The van der Waals surface area contributed by atoms with Crippen LogP contribution in [0.4, 0.5) is 11.4 Å². The normalized spacial score (nSPS) is 16.2. The maximum Gasteiger partial charge on any atom is 0.145 e. The van der Waals surface area contributed by atoms with E-state index in [0.29, 0.717) is 21.4 Å². The first-order valence-electron chi connectivity index (χ1n) is 13.5. The fraction of sp³-hybridized carbons (Fsp3) is 0.0882. The smallest absolute Gasteiger partial charge is 0.145 e. The summed E-state index contributed by atoms with van der Waals surface area (Å²) in [6, 6.07) is 32.5. The van der Waals surface area contributed by atoms with E-state index in [4.69, 9.17) is 33.2 Å². The van der Waals surface area contributed by atoms with E-state index >= 15 is 0 Å². The Labute approximate surface area is 268 Å². The summed E-state index contributed by atoms with van der Waals surface area (Å²) in [5, 5.41) is 13.4. The highest BCUT2D eigenvalue weighted by Crippen LogP contribution is 2.58. The van der Waals surface area contributed by atoms with Crippen molar-refractivity contribution in [1.29, 1.82) is 5.26 Å². The van der Waals surface area contributed by atoms with Gasteiger partial charge in [-0.05, 0) is 59.7 Å². The van der Waals surface area contributed by atoms with E-state index in [9.17, 15) is 5.26 Å². The first-order valence-corrected chi connectivity index (χ1v) is 15.9. The van der Waals surface area contributed by atoms with Crippen molar-refractivity contribution in [2.24, 2.45) is 4.99 Å². The zero-order valence-electron chi connectivity index (χ0n) is 23.1. The molecule has 0 N–H and O–H groups in total. The highest BCUT2D eigenvalue weighted by molar-refractivity contribution is 8.03. The fourth-order valence-electron chi connectivity index (χ4n) is 5.38. The van der Waals surface area contributed by atoms with Gasteiger partial charge in [-0.3, -0.25) is 4.90 Å². The molecule has 0 saturated heterocycles. The quantitative estimate of drug-likeness (QED) is 0.180. The van der Waals surface area contributed by atoms with Crippen LogP contribution >= 0.6 is 46.3 Å². The standard InChI is InChI=1S/C34H23Cl2N5S2/c1-40(2)22-14-11-20(12-15-22)19-38-32-31(33-39-26-7-3-5-9-28(26)42-33)30(23-16-13-21(35)17-25(23)36)24(18-37)34-41(32)27-8-4-6-10-29(27)43-34/h3-17,19,30H,1-2H3. The molecule has 5 nitrogen and oxygen atoms in total. The Morgan fingerprint density at radius 2 is 1.74 bits per heavy atom. The lowest BCUT2D eigenvalue weighted by atomic mass is 9.83. The lowest BCUT2D eigenvalue weighted by molar-refractivity contribution is 0.943. The largest absolute Gasteiger partial charge is 0.378 e. The van der Waals surface area contributed by atoms with E-state index in [2.05, 4.69) is 58.3 Å². The maximum atomic E-state index is 10.8. The van der Waals surface area contributed by atoms with Crippen molar-refractivity contribution in [3.63, 3.8) is 0 Å². The van der Waals surface area contributed by atoms with E-state index in [1.807, 2.05) is 62.8 Å². The molecule has 0 fully saturated rings. The first kappa shape index (κ1) is 27.8. The molecule has 0 spiro atoms. The number of halogens is 2. The van der Waals surface area contributed by atoms with Gasteiger partial charge in [0, 0.05) is 46.5 Å². The van der Waals surface area contributed by atoms with Gasteiger partial charge in [0.25, 0.3) is 0 Å². The molecule has 2 aliphatic heterocycles. The van der Waals surface area contributed by atoms with Crippen LogP contribution in [0.1, 0.15) is 22.1 Å². The summed E-state index contributed by atoms with van der Waals surface area (Å²) in [6.45, 7) is 0. The lowest BCUT2D eigenvalue weighted by Crippen LogP contribution is -2.27. The van der Waals surface area contributed by atoms with Crippen LogP contribution in [0, 0.1) is 11.3 Å². The number of benzene rings is 4. The Balaban J connectivity index is 1.53. The summed E-state index contributed by atoms with van der Waals surface area (Å²) in [5.74, 6) is 0.199. The SMILES string of the molecule is CN(C)c1ccc(C=NC2=C(c3nc4ccccc4s3)C(c3ccc(Cl)cc3Cl)C(C#N)=C3Sc4ccccc4N23)cc1. The van der Waals surface area contributed by atoms with Crippen molar-refractivity contribution in [3.8, 4) is 6.07 Å². The third kappa shape index (κ3) is 4.91. The van der Waals surface area contributed by atoms with Gasteiger partial charge in [0.05, 0.1) is 33.5 Å². The van der Waals surface area contributed by atoms with Crippen molar-refractivity contribution in [2.45, 2.75) is 10.8 Å². The number of hydrogen-bond acceptors (Lipinski definition) is 7. The second kappa shape index (κ2) is 11.2. The number of para-hydroxylation sites is 2. The third-order valence-electron chi connectivity index (χ3n) is 7.44. The molecule has 5 aromatic rings. The summed E-state index contributed by atoms with van der Waals surface area (Å²) in [5.41, 5.74) is 6.13. The van der Waals surface area contributed by atoms with Gasteiger partial charge in [0.2, 0.25) is 0 Å². The molecule has 4 aromatic carbocycles. The van der Waals surface area contributed by atoms with Crippen LogP contribution in [-0.2, 0) is 0 Å². The molecule has 7 rings (SSSR count). The Bertz CT molecular complexity index is 2000. The summed E-state index contributed by atoms with van der Waals surface area (Å²) in [4.78, 5) is 15.5. The number of fused-ring (bicyclic) bond motifs is 4. The minimum atomic E-state index is -0.508. The molecule has 1 atom stereocenters. The molecule has 0 bridgehead atoms. The zero-order valence-corrected chi connectivity index (χ0v) is 26.3. The Hall–Kier alpha value is -4.06. The lowest BCUT2D eigenvalue weighted by Gasteiger charge is -2.33. The molecule has 9 heteroatoms. The van der Waals surface area contributed by atoms with Gasteiger partial charge in [0.15, 0.2) is 0 Å². The molecule has 3 heterocycles. The van der Waals surface area contributed by atoms with Crippen molar-refractivity contribution < 1.29 is 0 Å². The molecule has 210 valence electrons. The van der Waals surface area contributed by atoms with E-state index in [1.165, 1.54) is 0 Å². The Kier molecular flexibility index (Phi) is 7.24. The molecule has 0 amide bonds. The van der Waals surface area contributed by atoms with Crippen molar-refractivity contribution in [1.82, 2.24) is 4.98 Å². The second-order valence-corrected chi connectivity index (χ2v) is 13.2. The molecule has 0 saturated carbocycles. The summed E-state index contributed by atoms with van der Waals surface area (Å²) >= 11 is 16.4. The topological polar surface area (TPSA) is 55.5 Å². The van der Waals surface area contributed by atoms with Crippen LogP contribution in [0.15, 0.2) is 117 Å². The highest BCUT2D eigenvalue weighted by atomic mass is 35.5. The predicted octanol–water partition coefficient (Wildman–Crippen LogP) is 9.60. The highest BCUT2D eigenvalue weighted by Gasteiger charge is 2.43. The van der Waals surface area contributed by atoms with Gasteiger partial charge in [-0.1, -0.05) is 77.4 Å². The van der Waals surface area contributed by atoms with Crippen LogP contribution in [-0.4, -0.2) is 25.3 Å². The number of nitrogens with zero attached hydrogens (tertiary/aromatic N) is 5. The van der Waals surface area contributed by atoms with Gasteiger partial charge >= 0.3 is 0 Å². The van der Waals surface area contributed by atoms with Crippen LogP contribution in [0.25, 0.3) is 15.8 Å². The number of aliphatic imine (C=N–C) groups is 1. The van der Waals surface area contributed by atoms with Crippen LogP contribution < -0.4 is 9.80 Å². The Morgan fingerprint density at radius 3 is 2.49 bits per heavy atom. The molecular formula is C34H23Cl2N5S2. The van der Waals surface area contributed by atoms with Gasteiger partial charge < -0.3 is 4.90 Å². The van der Waals surface area contributed by atoms with Crippen molar-refractivity contribution in [3.05, 3.63) is 134 Å². The van der Waals surface area contributed by atoms with Gasteiger partial charge in [-0.2, -0.15) is 5.26 Å². The molecule has 0 radical (unpaired) electrons. The molecule has 2 aliphatic rings. The van der Waals surface area contributed by atoms with Crippen molar-refractivity contribution >= 4 is 79.7 Å². The van der Waals surface area contributed by atoms with E-state index in [-0.39, 0.29) is 0 Å². The minimum Gasteiger partial charge on any atom is -0.378 e. The summed E-state index contributed by atoms with van der Waals surface area (Å²) in [7, 11) is 4.04. The number of aromatic nitrogens is 1. The molecular weight excluding hydrogens is 613 g/mol. The molecule has 1 aromatic heterocycles. The average molecular weight is 637 g/mol. The fourth-order valence-corrected chi connectivity index (χ4v) is 8.10. The van der Waals surface area contributed by atoms with E-state index in [1.54, 1.807) is 29.2 Å². The van der Waals surface area contributed by atoms with Gasteiger partial charge in [0.1, 0.15) is 15.9 Å². The third-order valence-corrected chi connectivity index (χ3v) is 10.2. The summed E-state index contributed by atoms with van der Waals surface area (Å²) in [6.07, 6.45) is 1.88. The van der Waals surface area contributed by atoms with Gasteiger partial charge in [-0.15, -0.1) is 11.3 Å². The van der Waals surface area contributed by atoms with Gasteiger partial charge in [-0.25, -0.2) is 9.98 Å². The van der Waals surface area contributed by atoms with E-state index in [0.717, 1.165) is 53.2 Å². The van der Waals surface area contributed by atoms with Crippen LogP contribution in [0.5, 0.6) is 0 Å². The zero-order chi connectivity index (χ0) is 29.7. The number of thioether (sulfide) groups is 1. The number of hydrogen-bond donors (Lipinski definition) is 0. The predicted molar refractivity (Wildman–Crippen MR) is 182 cm³/mol. The monoisotopic (exact) mass is 635 g/mol. The molecule has 0 aliphatic carbocycles. The number of anilines is 2. The molecule has 43 heavy (non-hydrogen) atoms. The van der Waals surface area contributed by atoms with Crippen molar-refractivity contribution in [2.75, 3.05) is 23.9 Å². The Morgan fingerprint density at radius 1 is 0.977 bits per heavy atom. The number of nitriles is 1. The molecule has 1 unspecified atom stereocenters. The summed E-state index contributed by atoms with van der Waals surface area (Å²) < 4.78 is 1.05. The second-order valence-electron chi connectivity index (χ2n) is 10.3. The van der Waals surface area contributed by atoms with Crippen LogP contribution in [0.3, 0.4) is 0 Å². The number of rotatable bonds is 5. The number of allylic oxidation sites excluding steroid dienone is 2. The van der Waals surface area contributed by atoms with Crippen LogP contribution in [0.2, 0.25) is 10.0 Å².